The number of ether oxygens (including phenoxy) is 2. The highest BCUT2D eigenvalue weighted by Gasteiger charge is 2.32. The number of nitrogens with zero attached hydrogens (tertiary/aromatic N) is 2. The lowest BCUT2D eigenvalue weighted by molar-refractivity contribution is -0.139. The number of methoxy groups -OCH3 is 1. The van der Waals surface area contributed by atoms with Crippen molar-refractivity contribution in [3.63, 3.8) is 0 Å². The average Bonchev–Trinajstić information content (AvgIpc) is 2.75. The maximum absolute atomic E-state index is 13.1. The Balaban J connectivity index is 1.56. The third kappa shape index (κ3) is 5.36. The molecule has 0 aromatic heterocycles. The van der Waals surface area contributed by atoms with Crippen molar-refractivity contribution in [2.45, 2.75) is 32.5 Å². The van der Waals surface area contributed by atoms with Crippen LogP contribution < -0.4 is 4.74 Å². The van der Waals surface area contributed by atoms with E-state index in [0.29, 0.717) is 24.4 Å². The van der Waals surface area contributed by atoms with Gasteiger partial charge in [-0.25, -0.2) is 9.18 Å². The van der Waals surface area contributed by atoms with Crippen LogP contribution >= 0.6 is 0 Å². The first-order valence-electron chi connectivity index (χ1n) is 9.96. The molecule has 1 aliphatic heterocycles. The molecular formula is C23H27FN2O4. The topological polar surface area (TPSA) is 59.1 Å². The molecule has 1 saturated heterocycles. The molecule has 7 heteroatoms. The van der Waals surface area contributed by atoms with Crippen molar-refractivity contribution in [2.75, 3.05) is 26.8 Å². The van der Waals surface area contributed by atoms with Crippen LogP contribution in [0.3, 0.4) is 0 Å². The second kappa shape index (κ2) is 9.71. The van der Waals surface area contributed by atoms with Gasteiger partial charge in [0.05, 0.1) is 12.7 Å². The summed E-state index contributed by atoms with van der Waals surface area (Å²) >= 11 is 0. The minimum atomic E-state index is -0.452. The molecule has 1 amide bonds. The van der Waals surface area contributed by atoms with Gasteiger partial charge in [-0.05, 0) is 49.7 Å². The van der Waals surface area contributed by atoms with Gasteiger partial charge in [-0.1, -0.05) is 18.2 Å². The lowest BCUT2D eigenvalue weighted by Crippen LogP contribution is -2.58. The average molecular weight is 414 g/mol. The van der Waals surface area contributed by atoms with E-state index in [0.717, 1.165) is 12.1 Å². The van der Waals surface area contributed by atoms with Crippen LogP contribution in [0.5, 0.6) is 5.75 Å². The Morgan fingerprint density at radius 2 is 1.80 bits per heavy atom. The van der Waals surface area contributed by atoms with Crippen molar-refractivity contribution >= 4 is 11.9 Å². The molecule has 160 valence electrons. The molecule has 2 aromatic rings. The van der Waals surface area contributed by atoms with Gasteiger partial charge in [0.25, 0.3) is 5.91 Å². The smallest absolute Gasteiger partial charge is 0.337 e. The lowest BCUT2D eigenvalue weighted by Gasteiger charge is -2.44. The molecule has 0 N–H and O–H groups in total. The van der Waals surface area contributed by atoms with Crippen molar-refractivity contribution < 1.29 is 23.5 Å². The van der Waals surface area contributed by atoms with Gasteiger partial charge in [0, 0.05) is 31.7 Å². The zero-order valence-corrected chi connectivity index (χ0v) is 17.5. The fourth-order valence-corrected chi connectivity index (χ4v) is 3.65. The van der Waals surface area contributed by atoms with Crippen LogP contribution in [0.4, 0.5) is 4.39 Å². The van der Waals surface area contributed by atoms with Crippen LogP contribution in [-0.4, -0.2) is 60.6 Å². The zero-order valence-electron chi connectivity index (χ0n) is 17.5. The van der Waals surface area contributed by atoms with Crippen molar-refractivity contribution in [3.05, 3.63) is 65.5 Å². The Kier molecular flexibility index (Phi) is 7.05. The highest BCUT2D eigenvalue weighted by atomic mass is 19.1. The largest absolute Gasteiger partial charge is 0.484 e. The van der Waals surface area contributed by atoms with Gasteiger partial charge in [0.2, 0.25) is 0 Å². The summed E-state index contributed by atoms with van der Waals surface area (Å²) in [6.07, 6.45) is 0. The van der Waals surface area contributed by atoms with E-state index in [2.05, 4.69) is 11.8 Å². The van der Waals surface area contributed by atoms with Crippen LogP contribution in [0, 0.1) is 5.82 Å². The van der Waals surface area contributed by atoms with Gasteiger partial charge >= 0.3 is 5.97 Å². The first-order valence-corrected chi connectivity index (χ1v) is 9.96. The van der Waals surface area contributed by atoms with E-state index in [4.69, 9.17) is 9.47 Å². The van der Waals surface area contributed by atoms with Gasteiger partial charge in [-0.2, -0.15) is 0 Å². The fourth-order valence-electron chi connectivity index (χ4n) is 3.65. The Bertz CT molecular complexity index is 887. The summed E-state index contributed by atoms with van der Waals surface area (Å²) in [6.45, 7) is 6.02. The molecule has 0 radical (unpaired) electrons. The minimum absolute atomic E-state index is 0.0270. The molecule has 1 aliphatic rings. The van der Waals surface area contributed by atoms with E-state index >= 15 is 0 Å². The molecule has 2 aromatic carbocycles. The van der Waals surface area contributed by atoms with Gasteiger partial charge in [0.1, 0.15) is 11.6 Å². The number of amides is 1. The molecule has 1 fully saturated rings. The number of hydrogen-bond acceptors (Lipinski definition) is 5. The molecule has 2 atom stereocenters. The number of carbonyl (C=O) groups is 2. The summed E-state index contributed by atoms with van der Waals surface area (Å²) in [5, 5.41) is 0. The zero-order chi connectivity index (χ0) is 21.7. The predicted octanol–water partition coefficient (Wildman–Crippen LogP) is 3.11. The number of hydrogen-bond donors (Lipinski definition) is 0. The predicted molar refractivity (Wildman–Crippen MR) is 111 cm³/mol. The maximum Gasteiger partial charge on any atom is 0.337 e. The van der Waals surface area contributed by atoms with Crippen LogP contribution in [-0.2, 0) is 16.1 Å². The summed E-state index contributed by atoms with van der Waals surface area (Å²) in [4.78, 5) is 28.5. The van der Waals surface area contributed by atoms with Gasteiger partial charge in [-0.15, -0.1) is 0 Å². The number of halogens is 1. The molecule has 0 aliphatic carbocycles. The van der Waals surface area contributed by atoms with E-state index in [1.165, 1.54) is 19.2 Å². The van der Waals surface area contributed by atoms with Crippen LogP contribution in [0.2, 0.25) is 0 Å². The first-order chi connectivity index (χ1) is 14.4. The van der Waals surface area contributed by atoms with Gasteiger partial charge in [-0.3, -0.25) is 9.69 Å². The standard InChI is InChI=1S/C23H27FN2O4/c1-16-13-26(17(2)12-25(16)14-18-7-9-20(24)10-8-18)22(27)15-30-21-6-4-5-19(11-21)23(28)29-3/h4-11,16-17H,12-15H2,1-3H3/t16-,17+/m1/s1. The Morgan fingerprint density at radius 3 is 2.50 bits per heavy atom. The summed E-state index contributed by atoms with van der Waals surface area (Å²) < 4.78 is 23.5. The van der Waals surface area contributed by atoms with Crippen molar-refractivity contribution in [1.82, 2.24) is 9.80 Å². The van der Waals surface area contributed by atoms with Crippen molar-refractivity contribution in [1.29, 1.82) is 0 Å². The van der Waals surface area contributed by atoms with E-state index in [1.807, 2.05) is 11.8 Å². The second-order valence-electron chi connectivity index (χ2n) is 7.61. The molecule has 30 heavy (non-hydrogen) atoms. The summed E-state index contributed by atoms with van der Waals surface area (Å²) in [5.41, 5.74) is 1.42. The number of esters is 1. The highest BCUT2D eigenvalue weighted by Crippen LogP contribution is 2.20. The van der Waals surface area contributed by atoms with Crippen LogP contribution in [0.1, 0.15) is 29.8 Å². The number of benzene rings is 2. The minimum Gasteiger partial charge on any atom is -0.484 e. The van der Waals surface area contributed by atoms with Crippen LogP contribution in [0.15, 0.2) is 48.5 Å². The molecule has 6 nitrogen and oxygen atoms in total. The SMILES string of the molecule is COC(=O)c1cccc(OCC(=O)N2C[C@@H](C)N(Cc3ccc(F)cc3)C[C@@H]2C)c1. The number of piperazine rings is 1. The number of carbonyl (C=O) groups excluding carboxylic acids is 2. The fraction of sp³-hybridized carbons (Fsp3) is 0.391. The molecule has 1 heterocycles. The Hall–Kier alpha value is -2.93. The molecule has 0 unspecified atom stereocenters. The quantitative estimate of drug-likeness (QED) is 0.680. The molecule has 3 rings (SSSR count). The Labute approximate surface area is 176 Å². The second-order valence-corrected chi connectivity index (χ2v) is 7.61. The summed E-state index contributed by atoms with van der Waals surface area (Å²) in [7, 11) is 1.32. The molecule has 0 spiro atoms. The normalized spacial score (nSPS) is 19.4. The Morgan fingerprint density at radius 1 is 1.07 bits per heavy atom. The summed E-state index contributed by atoms with van der Waals surface area (Å²) in [5.74, 6) is -0.347. The molecule has 0 saturated carbocycles. The van der Waals surface area contributed by atoms with E-state index in [9.17, 15) is 14.0 Å². The van der Waals surface area contributed by atoms with E-state index < -0.39 is 5.97 Å². The van der Waals surface area contributed by atoms with E-state index in [1.54, 1.807) is 36.4 Å². The lowest BCUT2D eigenvalue weighted by atomic mass is 10.1. The third-order valence-corrected chi connectivity index (χ3v) is 5.35. The monoisotopic (exact) mass is 414 g/mol. The van der Waals surface area contributed by atoms with Crippen molar-refractivity contribution in [2.24, 2.45) is 0 Å². The number of rotatable bonds is 6. The van der Waals surface area contributed by atoms with E-state index in [-0.39, 0.29) is 30.4 Å². The van der Waals surface area contributed by atoms with Gasteiger partial charge in [0.15, 0.2) is 6.61 Å². The highest BCUT2D eigenvalue weighted by molar-refractivity contribution is 5.89. The molecular weight excluding hydrogens is 387 g/mol. The summed E-state index contributed by atoms with van der Waals surface area (Å²) in [6, 6.07) is 13.3. The van der Waals surface area contributed by atoms with Crippen LogP contribution in [0.25, 0.3) is 0 Å². The third-order valence-electron chi connectivity index (χ3n) is 5.35. The van der Waals surface area contributed by atoms with Crippen molar-refractivity contribution in [3.8, 4) is 5.75 Å². The molecule has 0 bridgehead atoms. The van der Waals surface area contributed by atoms with Gasteiger partial charge < -0.3 is 14.4 Å². The first kappa shape index (κ1) is 21.8. The maximum atomic E-state index is 13.1.